The highest BCUT2D eigenvalue weighted by Gasteiger charge is 2.45. The van der Waals surface area contributed by atoms with Crippen LogP contribution >= 0.6 is 15.9 Å². The van der Waals surface area contributed by atoms with Crippen molar-refractivity contribution >= 4 is 32.9 Å². The Morgan fingerprint density at radius 3 is 2.58 bits per heavy atom. The average molecular weight is 617 g/mol. The number of carbonyl (C=O) groups excluding carboxylic acids is 1. The maximum Gasteiger partial charge on any atom is 0.410 e. The second kappa shape index (κ2) is 10.4. The smallest absolute Gasteiger partial charge is 0.410 e. The van der Waals surface area contributed by atoms with Crippen LogP contribution in [0.15, 0.2) is 39.9 Å². The number of benzene rings is 2. The third kappa shape index (κ3) is 5.28. The maximum atomic E-state index is 14.4. The summed E-state index contributed by atoms with van der Waals surface area (Å²) >= 11 is 3.38. The zero-order chi connectivity index (χ0) is 28.8. The molecule has 0 unspecified atom stereocenters. The van der Waals surface area contributed by atoms with Gasteiger partial charge in [0.05, 0.1) is 40.0 Å². The summed E-state index contributed by atoms with van der Waals surface area (Å²) in [6, 6.07) is 6.02. The molecule has 40 heavy (non-hydrogen) atoms. The molecule has 0 saturated carbocycles. The van der Waals surface area contributed by atoms with Crippen LogP contribution in [0.5, 0.6) is 11.5 Å². The van der Waals surface area contributed by atoms with Gasteiger partial charge in [-0.15, -0.1) is 0 Å². The number of halogens is 3. The van der Waals surface area contributed by atoms with Crippen molar-refractivity contribution in [2.75, 3.05) is 19.7 Å². The number of nitrogens with zero attached hydrogens (tertiary/aromatic N) is 4. The minimum Gasteiger partial charge on any atom is -0.452 e. The molecule has 2 aliphatic rings. The summed E-state index contributed by atoms with van der Waals surface area (Å²) in [7, 11) is 0. The summed E-state index contributed by atoms with van der Waals surface area (Å²) in [5.41, 5.74) is -1.61. The molecular formula is C28H27BrF2N4O5. The Labute approximate surface area is 237 Å². The summed E-state index contributed by atoms with van der Waals surface area (Å²) in [6.45, 7) is 6.75. The van der Waals surface area contributed by atoms with E-state index in [2.05, 4.69) is 20.9 Å². The van der Waals surface area contributed by atoms with Crippen LogP contribution in [0.25, 0.3) is 10.9 Å². The zero-order valence-corrected chi connectivity index (χ0v) is 23.8. The number of fused-ring (bicyclic) bond motifs is 1. The fourth-order valence-corrected chi connectivity index (χ4v) is 5.71. The van der Waals surface area contributed by atoms with E-state index in [1.807, 2.05) is 20.8 Å². The quantitative estimate of drug-likeness (QED) is 0.364. The summed E-state index contributed by atoms with van der Waals surface area (Å²) in [5, 5.41) is 9.48. The number of aromatic nitrogens is 2. The van der Waals surface area contributed by atoms with Gasteiger partial charge in [0.1, 0.15) is 28.8 Å². The van der Waals surface area contributed by atoms with Gasteiger partial charge in [-0.1, -0.05) is 0 Å². The number of rotatable bonds is 3. The fraction of sp³-hybridized carbons (Fsp3) is 0.429. The van der Waals surface area contributed by atoms with Crippen molar-refractivity contribution in [2.45, 2.75) is 57.3 Å². The van der Waals surface area contributed by atoms with Gasteiger partial charge in [0, 0.05) is 13.1 Å². The van der Waals surface area contributed by atoms with E-state index in [-0.39, 0.29) is 33.3 Å². The number of hydrogen-bond acceptors (Lipinski definition) is 7. The topological polar surface area (TPSA) is 107 Å². The standard InChI is InChI=1S/C28H27BrF2N4O5/c1-27(2,3)40-26(37)34-10-8-28(9-11-34)12-16(14-38-28)35-15-33-20-6-7-21(23(29)22(20)25(35)36)39-24-17(13-32)18(30)4-5-19(24)31/h4-7,15-16H,8-12,14H2,1-3H3/t16-/m1/s1. The lowest BCUT2D eigenvalue weighted by molar-refractivity contribution is -0.0486. The first-order chi connectivity index (χ1) is 18.9. The third-order valence-corrected chi connectivity index (χ3v) is 7.93. The number of nitriles is 1. The van der Waals surface area contributed by atoms with Crippen molar-refractivity contribution in [3.8, 4) is 17.6 Å². The van der Waals surface area contributed by atoms with E-state index < -0.39 is 34.1 Å². The summed E-state index contributed by atoms with van der Waals surface area (Å²) in [5.74, 6) is -2.39. The number of piperidine rings is 1. The molecule has 210 valence electrons. The highest BCUT2D eigenvalue weighted by molar-refractivity contribution is 9.10. The van der Waals surface area contributed by atoms with Gasteiger partial charge >= 0.3 is 6.09 Å². The molecule has 0 aliphatic carbocycles. The van der Waals surface area contributed by atoms with Gasteiger partial charge in [-0.2, -0.15) is 5.26 Å². The predicted molar refractivity (Wildman–Crippen MR) is 144 cm³/mol. The van der Waals surface area contributed by atoms with E-state index >= 15 is 0 Å². The van der Waals surface area contributed by atoms with Crippen molar-refractivity contribution in [2.24, 2.45) is 0 Å². The summed E-state index contributed by atoms with van der Waals surface area (Å²) < 4.78 is 47.5. The molecule has 3 heterocycles. The van der Waals surface area contributed by atoms with Crippen molar-refractivity contribution in [3.05, 3.63) is 62.6 Å². The van der Waals surface area contributed by atoms with Crippen molar-refractivity contribution in [3.63, 3.8) is 0 Å². The first-order valence-electron chi connectivity index (χ1n) is 12.8. The van der Waals surface area contributed by atoms with Crippen LogP contribution in [0.1, 0.15) is 51.6 Å². The Balaban J connectivity index is 1.38. The molecule has 3 aromatic rings. The number of likely N-dealkylation sites (tertiary alicyclic amines) is 1. The highest BCUT2D eigenvalue weighted by Crippen LogP contribution is 2.41. The largest absolute Gasteiger partial charge is 0.452 e. The van der Waals surface area contributed by atoms with Gasteiger partial charge < -0.3 is 19.1 Å². The van der Waals surface area contributed by atoms with Crippen LogP contribution in [0.3, 0.4) is 0 Å². The van der Waals surface area contributed by atoms with Crippen LogP contribution < -0.4 is 10.3 Å². The monoisotopic (exact) mass is 616 g/mol. The molecule has 1 amide bonds. The fourth-order valence-electron chi connectivity index (χ4n) is 5.12. The number of amides is 1. The number of ether oxygens (including phenoxy) is 3. The van der Waals surface area contributed by atoms with E-state index in [0.717, 1.165) is 12.1 Å². The van der Waals surface area contributed by atoms with E-state index in [1.165, 1.54) is 23.0 Å². The summed E-state index contributed by atoms with van der Waals surface area (Å²) in [4.78, 5) is 32.2. The molecule has 12 heteroatoms. The van der Waals surface area contributed by atoms with Gasteiger partial charge in [0.2, 0.25) is 0 Å². The average Bonchev–Trinajstić information content (AvgIpc) is 3.30. The lowest BCUT2D eigenvalue weighted by atomic mass is 9.87. The van der Waals surface area contributed by atoms with Crippen molar-refractivity contribution in [1.82, 2.24) is 14.5 Å². The molecule has 2 saturated heterocycles. The third-order valence-electron chi connectivity index (χ3n) is 7.15. The van der Waals surface area contributed by atoms with Crippen molar-refractivity contribution in [1.29, 1.82) is 5.26 Å². The first kappa shape index (κ1) is 28.0. The lowest BCUT2D eigenvalue weighted by Crippen LogP contribution is -2.48. The van der Waals surface area contributed by atoms with Crippen LogP contribution in [0, 0.1) is 23.0 Å². The minimum atomic E-state index is -0.924. The molecular weight excluding hydrogens is 590 g/mol. The Bertz CT molecular complexity index is 1590. The summed E-state index contributed by atoms with van der Waals surface area (Å²) in [6.07, 6.45) is 2.91. The van der Waals surface area contributed by atoms with Crippen LogP contribution in [0.4, 0.5) is 13.6 Å². The van der Waals surface area contributed by atoms with E-state index in [9.17, 15) is 23.6 Å². The molecule has 2 aliphatic heterocycles. The Kier molecular flexibility index (Phi) is 7.31. The second-order valence-electron chi connectivity index (χ2n) is 11.0. The van der Waals surface area contributed by atoms with Crippen molar-refractivity contribution < 1.29 is 27.8 Å². The second-order valence-corrected chi connectivity index (χ2v) is 11.8. The number of hydrogen-bond donors (Lipinski definition) is 0. The molecule has 1 aromatic heterocycles. The first-order valence-corrected chi connectivity index (χ1v) is 13.6. The number of carbonyl (C=O) groups is 1. The molecule has 0 radical (unpaired) electrons. The Morgan fingerprint density at radius 1 is 1.20 bits per heavy atom. The van der Waals surface area contributed by atoms with Gasteiger partial charge in [-0.05, 0) is 80.2 Å². The molecule has 9 nitrogen and oxygen atoms in total. The van der Waals surface area contributed by atoms with E-state index in [4.69, 9.17) is 14.2 Å². The molecule has 2 fully saturated rings. The Morgan fingerprint density at radius 2 is 1.90 bits per heavy atom. The zero-order valence-electron chi connectivity index (χ0n) is 22.2. The highest BCUT2D eigenvalue weighted by atomic mass is 79.9. The van der Waals surface area contributed by atoms with E-state index in [1.54, 1.807) is 11.0 Å². The van der Waals surface area contributed by atoms with Gasteiger partial charge in [-0.25, -0.2) is 18.6 Å². The SMILES string of the molecule is CC(C)(C)OC(=O)N1CCC2(CC1)C[C@@H](n1cnc3ccc(Oc4c(F)ccc(F)c4C#N)c(Br)c3c1=O)CO2. The minimum absolute atomic E-state index is 0.0267. The van der Waals surface area contributed by atoms with Crippen LogP contribution in [0.2, 0.25) is 0 Å². The van der Waals surface area contributed by atoms with Gasteiger partial charge in [0.25, 0.3) is 5.56 Å². The molecule has 1 spiro atoms. The molecule has 0 bridgehead atoms. The molecule has 0 N–H and O–H groups in total. The molecule has 2 aromatic carbocycles. The maximum absolute atomic E-state index is 14.4. The van der Waals surface area contributed by atoms with Crippen LogP contribution in [-0.4, -0.2) is 51.4 Å². The Hall–Kier alpha value is -3.56. The van der Waals surface area contributed by atoms with E-state index in [0.29, 0.717) is 44.5 Å². The van der Waals surface area contributed by atoms with Gasteiger partial charge in [0.15, 0.2) is 11.6 Å². The molecule has 5 rings (SSSR count). The molecule has 1 atom stereocenters. The normalized spacial score (nSPS) is 18.6. The van der Waals surface area contributed by atoms with Gasteiger partial charge in [-0.3, -0.25) is 9.36 Å². The predicted octanol–water partition coefficient (Wildman–Crippen LogP) is 5.83. The lowest BCUT2D eigenvalue weighted by Gasteiger charge is -2.39. The van der Waals surface area contributed by atoms with Crippen LogP contribution in [-0.2, 0) is 9.47 Å².